The van der Waals surface area contributed by atoms with Gasteiger partial charge in [0.05, 0.1) is 24.6 Å². The smallest absolute Gasteiger partial charge is 0.341 e. The molecule has 2 heterocycles. The number of esters is 1. The van der Waals surface area contributed by atoms with Crippen LogP contribution in [0.25, 0.3) is 5.65 Å². The molecule has 0 aliphatic carbocycles. The first kappa shape index (κ1) is 14.4. The highest BCUT2D eigenvalue weighted by Crippen LogP contribution is 2.23. The minimum Gasteiger partial charge on any atom is -0.462 e. The van der Waals surface area contributed by atoms with Crippen molar-refractivity contribution in [3.63, 3.8) is 0 Å². The summed E-state index contributed by atoms with van der Waals surface area (Å²) in [5.74, 6) is -0.586. The SMILES string of the molecule is CCOC(=O)c1ccn2c(C(F)F)cc(COC)nc12. The summed E-state index contributed by atoms with van der Waals surface area (Å²) in [6.07, 6.45) is -1.30. The molecule has 0 aliphatic rings. The number of ether oxygens (including phenoxy) is 2. The lowest BCUT2D eigenvalue weighted by Gasteiger charge is -2.08. The largest absolute Gasteiger partial charge is 0.462 e. The van der Waals surface area contributed by atoms with Gasteiger partial charge in [0, 0.05) is 13.3 Å². The van der Waals surface area contributed by atoms with E-state index in [1.54, 1.807) is 6.92 Å². The van der Waals surface area contributed by atoms with Crippen LogP contribution in [0.2, 0.25) is 0 Å². The summed E-state index contributed by atoms with van der Waals surface area (Å²) >= 11 is 0. The molecule has 0 fully saturated rings. The van der Waals surface area contributed by atoms with Crippen LogP contribution in [-0.2, 0) is 16.1 Å². The molecule has 0 saturated carbocycles. The highest BCUT2D eigenvalue weighted by molar-refractivity contribution is 5.96. The predicted octanol–water partition coefficient (Wildman–Crippen LogP) is 2.60. The molecule has 0 amide bonds. The van der Waals surface area contributed by atoms with Gasteiger partial charge >= 0.3 is 5.97 Å². The first-order chi connectivity index (χ1) is 9.58. The van der Waals surface area contributed by atoms with Crippen LogP contribution < -0.4 is 0 Å². The third kappa shape index (κ3) is 2.62. The Bertz CT molecular complexity index is 625. The maximum absolute atomic E-state index is 13.1. The van der Waals surface area contributed by atoms with Gasteiger partial charge in [0.1, 0.15) is 5.56 Å². The first-order valence-electron chi connectivity index (χ1n) is 6.03. The summed E-state index contributed by atoms with van der Waals surface area (Å²) in [5, 5.41) is 0. The molecule has 7 heteroatoms. The van der Waals surface area contributed by atoms with Crippen molar-refractivity contribution in [1.82, 2.24) is 9.38 Å². The van der Waals surface area contributed by atoms with Gasteiger partial charge in [-0.1, -0.05) is 0 Å². The lowest BCUT2D eigenvalue weighted by atomic mass is 10.3. The number of aromatic nitrogens is 2. The van der Waals surface area contributed by atoms with Crippen LogP contribution in [0.1, 0.15) is 35.1 Å². The number of fused-ring (bicyclic) bond motifs is 1. The Kier molecular flexibility index (Phi) is 4.29. The predicted molar refractivity (Wildman–Crippen MR) is 66.8 cm³/mol. The molecule has 2 aromatic rings. The molecule has 2 rings (SSSR count). The molecule has 0 atom stereocenters. The van der Waals surface area contributed by atoms with Crippen molar-refractivity contribution in [2.24, 2.45) is 0 Å². The lowest BCUT2D eigenvalue weighted by Crippen LogP contribution is -2.08. The van der Waals surface area contributed by atoms with Crippen LogP contribution in [0.15, 0.2) is 18.3 Å². The number of carbonyl (C=O) groups excluding carboxylic acids is 1. The number of nitrogens with zero attached hydrogens (tertiary/aromatic N) is 2. The molecule has 0 bridgehead atoms. The van der Waals surface area contributed by atoms with Gasteiger partial charge in [-0.05, 0) is 19.1 Å². The normalized spacial score (nSPS) is 11.2. The fraction of sp³-hybridized carbons (Fsp3) is 0.385. The topological polar surface area (TPSA) is 52.8 Å². The minimum atomic E-state index is -2.68. The second-order valence-corrected chi connectivity index (χ2v) is 4.05. The monoisotopic (exact) mass is 284 g/mol. The molecule has 0 saturated heterocycles. The van der Waals surface area contributed by atoms with Gasteiger partial charge in [0.2, 0.25) is 0 Å². The second kappa shape index (κ2) is 5.96. The van der Waals surface area contributed by atoms with Crippen molar-refractivity contribution in [1.29, 1.82) is 0 Å². The van der Waals surface area contributed by atoms with Gasteiger partial charge in [-0.15, -0.1) is 0 Å². The lowest BCUT2D eigenvalue weighted by molar-refractivity contribution is 0.0528. The molecule has 0 radical (unpaired) electrons. The van der Waals surface area contributed by atoms with E-state index < -0.39 is 12.4 Å². The Morgan fingerprint density at radius 3 is 2.85 bits per heavy atom. The zero-order chi connectivity index (χ0) is 14.7. The van der Waals surface area contributed by atoms with Crippen molar-refractivity contribution in [3.8, 4) is 0 Å². The number of carbonyl (C=O) groups is 1. The summed E-state index contributed by atoms with van der Waals surface area (Å²) in [4.78, 5) is 16.0. The van der Waals surface area contributed by atoms with E-state index in [2.05, 4.69) is 4.98 Å². The average Bonchev–Trinajstić information content (AvgIpc) is 2.82. The molecule has 108 valence electrons. The van der Waals surface area contributed by atoms with Gasteiger partial charge in [0.25, 0.3) is 6.43 Å². The van der Waals surface area contributed by atoms with Gasteiger partial charge in [-0.2, -0.15) is 0 Å². The summed E-state index contributed by atoms with van der Waals surface area (Å²) in [5.41, 5.74) is 0.400. The van der Waals surface area contributed by atoms with Crippen molar-refractivity contribution in [3.05, 3.63) is 35.3 Å². The minimum absolute atomic E-state index is 0.0870. The van der Waals surface area contributed by atoms with Gasteiger partial charge in [0.15, 0.2) is 5.65 Å². The van der Waals surface area contributed by atoms with Crippen LogP contribution in [0.5, 0.6) is 0 Å². The number of halogens is 2. The van der Waals surface area contributed by atoms with Gasteiger partial charge in [-0.3, -0.25) is 4.40 Å². The number of alkyl halides is 2. The fourth-order valence-corrected chi connectivity index (χ4v) is 1.91. The van der Waals surface area contributed by atoms with E-state index >= 15 is 0 Å². The van der Waals surface area contributed by atoms with Crippen LogP contribution in [0, 0.1) is 0 Å². The van der Waals surface area contributed by atoms with Crippen LogP contribution in [0.3, 0.4) is 0 Å². The summed E-state index contributed by atoms with van der Waals surface area (Å²) in [6, 6.07) is 2.68. The van der Waals surface area contributed by atoms with Crippen molar-refractivity contribution in [2.45, 2.75) is 20.0 Å². The van der Waals surface area contributed by atoms with E-state index in [4.69, 9.17) is 9.47 Å². The molecule has 0 aliphatic heterocycles. The third-order valence-corrected chi connectivity index (χ3v) is 2.71. The van der Waals surface area contributed by atoms with E-state index in [0.29, 0.717) is 5.69 Å². The molecule has 0 unspecified atom stereocenters. The molecule has 5 nitrogen and oxygen atoms in total. The molecule has 2 aromatic heterocycles. The number of hydrogen-bond acceptors (Lipinski definition) is 4. The van der Waals surface area contributed by atoms with Crippen LogP contribution >= 0.6 is 0 Å². The van der Waals surface area contributed by atoms with Crippen molar-refractivity contribution >= 4 is 11.6 Å². The second-order valence-electron chi connectivity index (χ2n) is 4.05. The molecule has 0 spiro atoms. The van der Waals surface area contributed by atoms with Gasteiger partial charge < -0.3 is 9.47 Å². The van der Waals surface area contributed by atoms with Gasteiger partial charge in [-0.25, -0.2) is 18.6 Å². The standard InChI is InChI=1S/C13H14F2N2O3/c1-3-20-13(18)9-4-5-17-10(11(14)15)6-8(7-19-2)16-12(9)17/h4-6,11H,3,7H2,1-2H3. The summed E-state index contributed by atoms with van der Waals surface area (Å²) in [6.45, 7) is 1.96. The molecule has 0 aromatic carbocycles. The van der Waals surface area contributed by atoms with Crippen molar-refractivity contribution in [2.75, 3.05) is 13.7 Å². The van der Waals surface area contributed by atoms with E-state index in [-0.39, 0.29) is 30.1 Å². The van der Waals surface area contributed by atoms with Crippen LogP contribution in [0.4, 0.5) is 8.78 Å². The maximum atomic E-state index is 13.1. The highest BCUT2D eigenvalue weighted by atomic mass is 19.3. The van der Waals surface area contributed by atoms with E-state index in [1.807, 2.05) is 0 Å². The Balaban J connectivity index is 2.60. The number of hydrogen-bond donors (Lipinski definition) is 0. The molecule has 0 N–H and O–H groups in total. The van der Waals surface area contributed by atoms with E-state index in [1.165, 1.54) is 29.8 Å². The maximum Gasteiger partial charge on any atom is 0.341 e. The third-order valence-electron chi connectivity index (χ3n) is 2.71. The molecular formula is C13H14F2N2O3. The average molecular weight is 284 g/mol. The summed E-state index contributed by atoms with van der Waals surface area (Å²) in [7, 11) is 1.44. The van der Waals surface area contributed by atoms with E-state index in [0.717, 1.165) is 0 Å². The Hall–Kier alpha value is -2.02. The van der Waals surface area contributed by atoms with Crippen LogP contribution in [-0.4, -0.2) is 29.1 Å². The van der Waals surface area contributed by atoms with E-state index in [9.17, 15) is 13.6 Å². The first-order valence-corrected chi connectivity index (χ1v) is 6.03. The Morgan fingerprint density at radius 2 is 2.25 bits per heavy atom. The summed E-state index contributed by atoms with van der Waals surface area (Å²) < 4.78 is 37.1. The quantitative estimate of drug-likeness (QED) is 0.792. The number of methoxy groups -OCH3 is 1. The zero-order valence-corrected chi connectivity index (χ0v) is 11.1. The molecule has 20 heavy (non-hydrogen) atoms. The Labute approximate surface area is 114 Å². The fourth-order valence-electron chi connectivity index (χ4n) is 1.91. The zero-order valence-electron chi connectivity index (χ0n) is 11.1. The molecular weight excluding hydrogens is 270 g/mol. The highest BCUT2D eigenvalue weighted by Gasteiger charge is 2.20. The Morgan fingerprint density at radius 1 is 1.50 bits per heavy atom. The number of rotatable bonds is 5. The van der Waals surface area contributed by atoms with Crippen molar-refractivity contribution < 1.29 is 23.0 Å².